The molecule has 64 valence electrons. The van der Waals surface area contributed by atoms with E-state index in [4.69, 9.17) is 5.73 Å². The van der Waals surface area contributed by atoms with Gasteiger partial charge in [0, 0.05) is 6.04 Å². The molecule has 11 heavy (non-hydrogen) atoms. The van der Waals surface area contributed by atoms with Crippen LogP contribution >= 0.6 is 0 Å². The molecule has 1 unspecified atom stereocenters. The van der Waals surface area contributed by atoms with E-state index >= 15 is 0 Å². The Bertz CT molecular complexity index is 145. The molecule has 0 aliphatic carbocycles. The van der Waals surface area contributed by atoms with Crippen LogP contribution in [0.15, 0.2) is 23.8 Å². The lowest BCUT2D eigenvalue weighted by Gasteiger charge is -2.08. The van der Waals surface area contributed by atoms with Crippen LogP contribution in [0.5, 0.6) is 0 Å². The van der Waals surface area contributed by atoms with Crippen molar-refractivity contribution in [3.63, 3.8) is 0 Å². The van der Waals surface area contributed by atoms with Gasteiger partial charge >= 0.3 is 0 Å². The molecule has 0 saturated carbocycles. The first kappa shape index (κ1) is 10.4. The second-order valence-corrected chi connectivity index (χ2v) is 2.61. The van der Waals surface area contributed by atoms with Crippen molar-refractivity contribution in [2.45, 2.75) is 39.7 Å². The van der Waals surface area contributed by atoms with E-state index in [-0.39, 0.29) is 6.04 Å². The fourth-order valence-corrected chi connectivity index (χ4v) is 0.924. The average Bonchev–Trinajstić information content (AvgIpc) is 2.05. The summed E-state index contributed by atoms with van der Waals surface area (Å²) in [4.78, 5) is 0. The first-order valence-electron chi connectivity index (χ1n) is 4.34. The Hall–Kier alpha value is -0.560. The van der Waals surface area contributed by atoms with E-state index in [9.17, 15) is 0 Å². The number of nitrogens with two attached hydrogens (primary N) is 1. The Morgan fingerprint density at radius 2 is 2.09 bits per heavy atom. The van der Waals surface area contributed by atoms with Crippen LogP contribution in [0.1, 0.15) is 33.6 Å². The van der Waals surface area contributed by atoms with Crippen molar-refractivity contribution in [1.29, 1.82) is 0 Å². The smallest absolute Gasteiger partial charge is 0.0288 e. The lowest BCUT2D eigenvalue weighted by atomic mass is 10.1. The van der Waals surface area contributed by atoms with Crippen molar-refractivity contribution in [3.05, 3.63) is 23.8 Å². The number of hydrogen-bond acceptors (Lipinski definition) is 1. The Morgan fingerprint density at radius 1 is 1.45 bits per heavy atom. The summed E-state index contributed by atoms with van der Waals surface area (Å²) in [5, 5.41) is 0. The largest absolute Gasteiger partial charge is 0.324 e. The van der Waals surface area contributed by atoms with E-state index < -0.39 is 0 Å². The monoisotopic (exact) mass is 153 g/mol. The van der Waals surface area contributed by atoms with Gasteiger partial charge in [0.25, 0.3) is 0 Å². The molecule has 1 nitrogen and oxygen atoms in total. The third kappa shape index (κ3) is 3.99. The average molecular weight is 153 g/mol. The van der Waals surface area contributed by atoms with E-state index in [2.05, 4.69) is 32.1 Å². The van der Waals surface area contributed by atoms with Crippen LogP contribution in [0, 0.1) is 0 Å². The number of allylic oxidation sites excluding steroid dienone is 2. The lowest BCUT2D eigenvalue weighted by Crippen LogP contribution is -2.20. The third-order valence-corrected chi connectivity index (χ3v) is 1.75. The predicted molar refractivity (Wildman–Crippen MR) is 51.5 cm³/mol. The molecule has 1 atom stereocenters. The molecule has 0 fully saturated rings. The third-order valence-electron chi connectivity index (χ3n) is 1.75. The highest BCUT2D eigenvalue weighted by molar-refractivity contribution is 5.23. The summed E-state index contributed by atoms with van der Waals surface area (Å²) in [6.45, 7) is 6.26. The minimum Gasteiger partial charge on any atom is -0.324 e. The van der Waals surface area contributed by atoms with Gasteiger partial charge < -0.3 is 5.73 Å². The lowest BCUT2D eigenvalue weighted by molar-refractivity contribution is 0.753. The van der Waals surface area contributed by atoms with Crippen LogP contribution < -0.4 is 5.73 Å². The van der Waals surface area contributed by atoms with Gasteiger partial charge in [-0.25, -0.2) is 0 Å². The van der Waals surface area contributed by atoms with Crippen LogP contribution in [0.4, 0.5) is 0 Å². The molecule has 0 rings (SSSR count). The molecule has 0 aromatic rings. The highest BCUT2D eigenvalue weighted by Crippen LogP contribution is 2.05. The molecule has 0 aromatic carbocycles. The first-order valence-corrected chi connectivity index (χ1v) is 4.34. The summed E-state index contributed by atoms with van der Waals surface area (Å²) in [5.41, 5.74) is 7.09. The van der Waals surface area contributed by atoms with E-state index in [0.29, 0.717) is 0 Å². The Balaban J connectivity index is 4.07. The van der Waals surface area contributed by atoms with E-state index in [1.165, 1.54) is 5.57 Å². The normalized spacial score (nSPS) is 15.8. The van der Waals surface area contributed by atoms with Gasteiger partial charge in [-0.1, -0.05) is 32.1 Å². The van der Waals surface area contributed by atoms with Crippen LogP contribution in [0.2, 0.25) is 0 Å². The zero-order valence-electron chi connectivity index (χ0n) is 7.80. The van der Waals surface area contributed by atoms with Gasteiger partial charge in [-0.15, -0.1) is 0 Å². The van der Waals surface area contributed by atoms with Crippen molar-refractivity contribution in [3.8, 4) is 0 Å². The second-order valence-electron chi connectivity index (χ2n) is 2.61. The quantitative estimate of drug-likeness (QED) is 0.617. The first-order chi connectivity index (χ1) is 5.26. The SMILES string of the molecule is C/C=C(\C=C/CC)C(N)CC. The maximum atomic E-state index is 5.85. The molecular weight excluding hydrogens is 134 g/mol. The molecule has 0 saturated heterocycles. The number of rotatable bonds is 4. The zero-order chi connectivity index (χ0) is 8.69. The van der Waals surface area contributed by atoms with Gasteiger partial charge in [0.1, 0.15) is 0 Å². The van der Waals surface area contributed by atoms with Gasteiger partial charge in [-0.05, 0) is 25.3 Å². The van der Waals surface area contributed by atoms with E-state index in [0.717, 1.165) is 12.8 Å². The van der Waals surface area contributed by atoms with Gasteiger partial charge in [-0.3, -0.25) is 0 Å². The fourth-order valence-electron chi connectivity index (χ4n) is 0.924. The summed E-state index contributed by atoms with van der Waals surface area (Å²) in [6, 6.07) is 0.211. The Kier molecular flexibility index (Phi) is 5.86. The maximum Gasteiger partial charge on any atom is 0.0288 e. The van der Waals surface area contributed by atoms with Gasteiger partial charge in [0.2, 0.25) is 0 Å². The second kappa shape index (κ2) is 6.17. The standard InChI is InChI=1S/C10H19N/c1-4-7-8-9(5-2)10(11)6-3/h5,7-8,10H,4,6,11H2,1-3H3/b8-7-,9-5+. The Morgan fingerprint density at radius 3 is 2.45 bits per heavy atom. The summed E-state index contributed by atoms with van der Waals surface area (Å²) in [5.74, 6) is 0. The maximum absolute atomic E-state index is 5.85. The molecule has 0 aliphatic rings. The zero-order valence-corrected chi connectivity index (χ0v) is 7.80. The number of hydrogen-bond donors (Lipinski definition) is 1. The van der Waals surface area contributed by atoms with Gasteiger partial charge in [0.15, 0.2) is 0 Å². The molecule has 0 spiro atoms. The molecule has 0 bridgehead atoms. The van der Waals surface area contributed by atoms with Gasteiger partial charge in [-0.2, -0.15) is 0 Å². The van der Waals surface area contributed by atoms with Crippen molar-refractivity contribution < 1.29 is 0 Å². The summed E-state index contributed by atoms with van der Waals surface area (Å²) in [7, 11) is 0. The summed E-state index contributed by atoms with van der Waals surface area (Å²) in [6.07, 6.45) is 8.43. The predicted octanol–water partition coefficient (Wildman–Crippen LogP) is 2.64. The Labute approximate surface area is 70.0 Å². The van der Waals surface area contributed by atoms with Crippen LogP contribution in [0.3, 0.4) is 0 Å². The molecule has 0 aromatic heterocycles. The molecule has 0 radical (unpaired) electrons. The summed E-state index contributed by atoms with van der Waals surface area (Å²) < 4.78 is 0. The van der Waals surface area contributed by atoms with Crippen LogP contribution in [-0.2, 0) is 0 Å². The molecule has 0 aliphatic heterocycles. The van der Waals surface area contributed by atoms with E-state index in [1.807, 2.05) is 6.92 Å². The van der Waals surface area contributed by atoms with Gasteiger partial charge in [0.05, 0.1) is 0 Å². The molecule has 2 N–H and O–H groups in total. The molecular formula is C10H19N. The fraction of sp³-hybridized carbons (Fsp3) is 0.600. The molecule has 0 amide bonds. The topological polar surface area (TPSA) is 26.0 Å². The van der Waals surface area contributed by atoms with Crippen LogP contribution in [0.25, 0.3) is 0 Å². The molecule has 1 heteroatoms. The van der Waals surface area contributed by atoms with Crippen molar-refractivity contribution in [1.82, 2.24) is 0 Å². The van der Waals surface area contributed by atoms with Crippen molar-refractivity contribution in [2.24, 2.45) is 5.73 Å². The van der Waals surface area contributed by atoms with Crippen molar-refractivity contribution in [2.75, 3.05) is 0 Å². The minimum atomic E-state index is 0.211. The molecule has 0 heterocycles. The van der Waals surface area contributed by atoms with Crippen LogP contribution in [-0.4, -0.2) is 6.04 Å². The van der Waals surface area contributed by atoms with E-state index in [1.54, 1.807) is 0 Å². The summed E-state index contributed by atoms with van der Waals surface area (Å²) >= 11 is 0. The highest BCUT2D eigenvalue weighted by atomic mass is 14.6. The highest BCUT2D eigenvalue weighted by Gasteiger charge is 2.00. The minimum absolute atomic E-state index is 0.211. The van der Waals surface area contributed by atoms with Crippen molar-refractivity contribution >= 4 is 0 Å².